The third kappa shape index (κ3) is 5.96. The maximum atomic E-state index is 12.8. The van der Waals surface area contributed by atoms with Crippen LogP contribution >= 0.6 is 0 Å². The second-order valence-corrected chi connectivity index (χ2v) is 5.23. The van der Waals surface area contributed by atoms with Gasteiger partial charge in [0.05, 0.1) is 12.2 Å². The van der Waals surface area contributed by atoms with E-state index in [0.717, 1.165) is 31.7 Å². The first-order valence-electron chi connectivity index (χ1n) is 7.47. The molecular weight excluding hydrogens is 279 g/mol. The third-order valence-corrected chi connectivity index (χ3v) is 3.39. The van der Waals surface area contributed by atoms with E-state index in [2.05, 4.69) is 0 Å². The molecule has 0 heterocycles. The van der Waals surface area contributed by atoms with Crippen LogP contribution in [0.4, 0.5) is 13.2 Å². The summed E-state index contributed by atoms with van der Waals surface area (Å²) in [4.78, 5) is 0. The van der Waals surface area contributed by atoms with E-state index in [1.54, 1.807) is 0 Å². The average Bonchev–Trinajstić information content (AvgIpc) is 2.44. The van der Waals surface area contributed by atoms with Gasteiger partial charge in [-0.2, -0.15) is 13.2 Å². The minimum atomic E-state index is -4.32. The normalized spacial score (nSPS) is 13.2. The molecule has 0 aliphatic heterocycles. The van der Waals surface area contributed by atoms with Gasteiger partial charge in [0.1, 0.15) is 5.75 Å². The molecule has 5 heteroatoms. The maximum absolute atomic E-state index is 12.8. The molecule has 0 saturated carbocycles. The maximum Gasteiger partial charge on any atom is 0.416 e. The fraction of sp³-hybridized carbons (Fsp3) is 0.625. The predicted molar refractivity (Wildman–Crippen MR) is 78.4 cm³/mol. The number of rotatable bonds is 8. The number of alkyl halides is 3. The van der Waals surface area contributed by atoms with Crippen molar-refractivity contribution in [2.45, 2.75) is 58.2 Å². The van der Waals surface area contributed by atoms with Crippen molar-refractivity contribution in [1.29, 1.82) is 0 Å². The molecule has 1 unspecified atom stereocenters. The van der Waals surface area contributed by atoms with Crippen LogP contribution in [0.25, 0.3) is 0 Å². The molecule has 2 N–H and O–H groups in total. The number of halogens is 3. The first-order valence-corrected chi connectivity index (χ1v) is 7.47. The van der Waals surface area contributed by atoms with Gasteiger partial charge in [-0.15, -0.1) is 0 Å². The van der Waals surface area contributed by atoms with E-state index >= 15 is 0 Å². The van der Waals surface area contributed by atoms with Crippen molar-refractivity contribution >= 4 is 0 Å². The fourth-order valence-electron chi connectivity index (χ4n) is 2.06. The first kappa shape index (κ1) is 17.8. The molecule has 1 atom stereocenters. The number of benzene rings is 1. The number of ether oxygens (including phenoxy) is 1. The Morgan fingerprint density at radius 2 is 1.95 bits per heavy atom. The second kappa shape index (κ2) is 8.27. The van der Waals surface area contributed by atoms with Gasteiger partial charge < -0.3 is 10.5 Å². The summed E-state index contributed by atoms with van der Waals surface area (Å²) in [6.45, 7) is 4.47. The fourth-order valence-corrected chi connectivity index (χ4v) is 2.06. The lowest BCUT2D eigenvalue weighted by atomic mass is 10.0. The lowest BCUT2D eigenvalue weighted by molar-refractivity contribution is -0.137. The van der Waals surface area contributed by atoms with Gasteiger partial charge in [0.15, 0.2) is 0 Å². The third-order valence-electron chi connectivity index (χ3n) is 3.39. The molecule has 2 nitrogen and oxygen atoms in total. The van der Waals surface area contributed by atoms with Crippen molar-refractivity contribution < 1.29 is 17.9 Å². The van der Waals surface area contributed by atoms with E-state index < -0.39 is 11.7 Å². The van der Waals surface area contributed by atoms with Crippen molar-refractivity contribution in [3.8, 4) is 5.75 Å². The van der Waals surface area contributed by atoms with Crippen LogP contribution in [0.1, 0.15) is 50.7 Å². The summed E-state index contributed by atoms with van der Waals surface area (Å²) in [5.41, 5.74) is 5.83. The Labute approximate surface area is 124 Å². The molecule has 0 radical (unpaired) electrons. The number of aryl methyl sites for hydroxylation is 1. The van der Waals surface area contributed by atoms with Crippen LogP contribution < -0.4 is 10.5 Å². The minimum Gasteiger partial charge on any atom is -0.493 e. The van der Waals surface area contributed by atoms with Crippen LogP contribution in [0.15, 0.2) is 18.2 Å². The van der Waals surface area contributed by atoms with Crippen molar-refractivity contribution in [3.63, 3.8) is 0 Å². The molecule has 1 rings (SSSR count). The van der Waals surface area contributed by atoms with Crippen LogP contribution in [0.5, 0.6) is 5.75 Å². The first-order chi connectivity index (χ1) is 9.88. The summed E-state index contributed by atoms with van der Waals surface area (Å²) in [5.74, 6) is 0.551. The Morgan fingerprint density at radius 1 is 1.24 bits per heavy atom. The van der Waals surface area contributed by atoms with E-state index in [1.165, 1.54) is 12.1 Å². The van der Waals surface area contributed by atoms with Crippen molar-refractivity contribution in [3.05, 3.63) is 29.3 Å². The van der Waals surface area contributed by atoms with Crippen LogP contribution in [0.3, 0.4) is 0 Å². The molecule has 0 aromatic heterocycles. The molecule has 0 aliphatic carbocycles. The van der Waals surface area contributed by atoms with Gasteiger partial charge >= 0.3 is 6.18 Å². The molecule has 1 aromatic carbocycles. The van der Waals surface area contributed by atoms with Gasteiger partial charge in [-0.1, -0.05) is 13.8 Å². The molecule has 21 heavy (non-hydrogen) atoms. The van der Waals surface area contributed by atoms with Crippen LogP contribution in [0, 0.1) is 0 Å². The van der Waals surface area contributed by atoms with E-state index in [-0.39, 0.29) is 6.04 Å². The summed E-state index contributed by atoms with van der Waals surface area (Å²) >= 11 is 0. The van der Waals surface area contributed by atoms with Crippen LogP contribution in [-0.2, 0) is 12.6 Å². The molecule has 0 fully saturated rings. The van der Waals surface area contributed by atoms with Crippen molar-refractivity contribution in [2.75, 3.05) is 6.61 Å². The Balaban J connectivity index is 2.83. The monoisotopic (exact) mass is 303 g/mol. The standard InChI is InChI=1S/C16H24F3NO/c1-3-10-21-15-9-8-13(16(17,18)19)11-12(15)6-5-7-14(20)4-2/h8-9,11,14H,3-7,10,20H2,1-2H3. The Hall–Kier alpha value is -1.23. The Bertz CT molecular complexity index is 432. The van der Waals surface area contributed by atoms with E-state index in [4.69, 9.17) is 10.5 Å². The summed E-state index contributed by atoms with van der Waals surface area (Å²) in [6.07, 6.45) is -0.504. The molecule has 0 aliphatic rings. The lowest BCUT2D eigenvalue weighted by Gasteiger charge is -2.15. The minimum absolute atomic E-state index is 0.107. The van der Waals surface area contributed by atoms with Gasteiger partial charge in [0.25, 0.3) is 0 Å². The van der Waals surface area contributed by atoms with Crippen LogP contribution in [0.2, 0.25) is 0 Å². The molecule has 0 amide bonds. The van der Waals surface area contributed by atoms with Gasteiger partial charge in [-0.05, 0) is 55.9 Å². The Morgan fingerprint density at radius 3 is 2.52 bits per heavy atom. The molecule has 0 spiro atoms. The van der Waals surface area contributed by atoms with Crippen molar-refractivity contribution in [2.24, 2.45) is 5.73 Å². The van der Waals surface area contributed by atoms with E-state index in [0.29, 0.717) is 24.3 Å². The van der Waals surface area contributed by atoms with Crippen molar-refractivity contribution in [1.82, 2.24) is 0 Å². The molecular formula is C16H24F3NO. The predicted octanol–water partition coefficient (Wildman–Crippen LogP) is 4.55. The van der Waals surface area contributed by atoms with Crippen LogP contribution in [-0.4, -0.2) is 12.6 Å². The number of nitrogens with two attached hydrogens (primary N) is 1. The summed E-state index contributed by atoms with van der Waals surface area (Å²) in [6, 6.07) is 3.80. The average molecular weight is 303 g/mol. The highest BCUT2D eigenvalue weighted by molar-refractivity contribution is 5.38. The van der Waals surface area contributed by atoms with Gasteiger partial charge in [-0.25, -0.2) is 0 Å². The van der Waals surface area contributed by atoms with E-state index in [1.807, 2.05) is 13.8 Å². The molecule has 0 saturated heterocycles. The highest BCUT2D eigenvalue weighted by Crippen LogP contribution is 2.33. The molecule has 0 bridgehead atoms. The highest BCUT2D eigenvalue weighted by atomic mass is 19.4. The largest absolute Gasteiger partial charge is 0.493 e. The summed E-state index contributed by atoms with van der Waals surface area (Å²) in [5, 5.41) is 0. The number of hydrogen-bond donors (Lipinski definition) is 1. The van der Waals surface area contributed by atoms with Gasteiger partial charge in [0.2, 0.25) is 0 Å². The smallest absolute Gasteiger partial charge is 0.416 e. The zero-order valence-electron chi connectivity index (χ0n) is 12.7. The second-order valence-electron chi connectivity index (χ2n) is 5.23. The SMILES string of the molecule is CCCOc1ccc(C(F)(F)F)cc1CCCC(N)CC. The van der Waals surface area contributed by atoms with Gasteiger partial charge in [-0.3, -0.25) is 0 Å². The summed E-state index contributed by atoms with van der Waals surface area (Å²) in [7, 11) is 0. The topological polar surface area (TPSA) is 35.2 Å². The Kier molecular flexibility index (Phi) is 7.02. The summed E-state index contributed by atoms with van der Waals surface area (Å²) < 4.78 is 43.9. The lowest BCUT2D eigenvalue weighted by Crippen LogP contribution is -2.18. The van der Waals surface area contributed by atoms with E-state index in [9.17, 15) is 13.2 Å². The molecule has 120 valence electrons. The zero-order chi connectivity index (χ0) is 15.9. The number of hydrogen-bond acceptors (Lipinski definition) is 2. The zero-order valence-corrected chi connectivity index (χ0v) is 12.7. The quantitative estimate of drug-likeness (QED) is 0.764. The van der Waals surface area contributed by atoms with Gasteiger partial charge in [0, 0.05) is 6.04 Å². The molecule has 1 aromatic rings. The highest BCUT2D eigenvalue weighted by Gasteiger charge is 2.31.